The Kier molecular flexibility index (Phi) is 7.89. The van der Waals surface area contributed by atoms with E-state index in [1.807, 2.05) is 4.90 Å². The molecule has 0 unspecified atom stereocenters. The second-order valence-electron chi connectivity index (χ2n) is 6.29. The molecule has 0 atom stereocenters. The summed E-state index contributed by atoms with van der Waals surface area (Å²) in [6.07, 6.45) is -1.73. The molecule has 0 aliphatic carbocycles. The number of halogens is 3. The third-order valence-electron chi connectivity index (χ3n) is 4.29. The van der Waals surface area contributed by atoms with E-state index in [1.54, 1.807) is 26.1 Å². The molecule has 28 heavy (non-hydrogen) atoms. The van der Waals surface area contributed by atoms with Crippen LogP contribution in [0.5, 0.6) is 5.88 Å². The Balaban J connectivity index is 1.91. The molecular formula is C18H25F3N4O3. The molecule has 1 aromatic heterocycles. The van der Waals surface area contributed by atoms with E-state index in [0.717, 1.165) is 0 Å². The maximum Gasteiger partial charge on any atom is 0.422 e. The minimum absolute atomic E-state index is 0.0659. The van der Waals surface area contributed by atoms with Crippen LogP contribution in [-0.4, -0.2) is 61.3 Å². The molecule has 2 heterocycles. The van der Waals surface area contributed by atoms with Crippen molar-refractivity contribution in [2.75, 3.05) is 33.4 Å². The number of carbonyl (C=O) groups is 1. The van der Waals surface area contributed by atoms with Crippen LogP contribution in [0.4, 0.5) is 13.2 Å². The van der Waals surface area contributed by atoms with Gasteiger partial charge in [-0.05, 0) is 25.8 Å². The zero-order chi connectivity index (χ0) is 20.6. The van der Waals surface area contributed by atoms with Crippen molar-refractivity contribution in [2.45, 2.75) is 32.5 Å². The standard InChI is InChI=1S/C18H25F3N4O3/c1-3-27-16(26)13-6-9-25(10-7-13)17(22-2)24-11-14-5-4-8-23-15(14)28-12-18(19,20)21/h4-5,8,13H,3,6-7,9-12H2,1-2H3,(H,22,24). The van der Waals surface area contributed by atoms with E-state index in [-0.39, 0.29) is 24.3 Å². The Labute approximate surface area is 161 Å². The number of nitrogens with one attached hydrogen (secondary N) is 1. The lowest BCUT2D eigenvalue weighted by Gasteiger charge is -2.33. The highest BCUT2D eigenvalue weighted by molar-refractivity contribution is 5.80. The van der Waals surface area contributed by atoms with Crippen LogP contribution in [0.15, 0.2) is 23.3 Å². The minimum atomic E-state index is -4.43. The van der Waals surface area contributed by atoms with Crippen LogP contribution in [0.1, 0.15) is 25.3 Å². The highest BCUT2D eigenvalue weighted by Gasteiger charge is 2.29. The third-order valence-corrected chi connectivity index (χ3v) is 4.29. The zero-order valence-electron chi connectivity index (χ0n) is 16.0. The van der Waals surface area contributed by atoms with Crippen LogP contribution >= 0.6 is 0 Å². The first kappa shape index (κ1) is 21.8. The number of aliphatic imine (C=N–C) groups is 1. The van der Waals surface area contributed by atoms with E-state index in [2.05, 4.69) is 15.3 Å². The molecule has 2 rings (SSSR count). The first-order valence-corrected chi connectivity index (χ1v) is 9.09. The molecule has 1 fully saturated rings. The number of hydrogen-bond acceptors (Lipinski definition) is 5. The van der Waals surface area contributed by atoms with Crippen molar-refractivity contribution in [3.63, 3.8) is 0 Å². The summed E-state index contributed by atoms with van der Waals surface area (Å²) < 4.78 is 47.0. The van der Waals surface area contributed by atoms with Gasteiger partial charge in [0, 0.05) is 38.4 Å². The maximum absolute atomic E-state index is 12.4. The highest BCUT2D eigenvalue weighted by Crippen LogP contribution is 2.21. The number of hydrogen-bond donors (Lipinski definition) is 1. The summed E-state index contributed by atoms with van der Waals surface area (Å²) >= 11 is 0. The number of carbonyl (C=O) groups excluding carboxylic acids is 1. The summed E-state index contributed by atoms with van der Waals surface area (Å²) in [4.78, 5) is 21.9. The summed E-state index contributed by atoms with van der Waals surface area (Å²) in [5.74, 6) is 0.249. The number of aromatic nitrogens is 1. The van der Waals surface area contributed by atoms with Gasteiger partial charge in [-0.25, -0.2) is 4.98 Å². The summed E-state index contributed by atoms with van der Waals surface area (Å²) in [5.41, 5.74) is 0.495. The van der Waals surface area contributed by atoms with Crippen LogP contribution in [0.2, 0.25) is 0 Å². The van der Waals surface area contributed by atoms with Crippen molar-refractivity contribution in [2.24, 2.45) is 10.9 Å². The number of piperidine rings is 1. The van der Waals surface area contributed by atoms with Crippen molar-refractivity contribution in [3.8, 4) is 5.88 Å². The molecule has 1 aliphatic rings. The Morgan fingerprint density at radius 3 is 2.71 bits per heavy atom. The van der Waals surface area contributed by atoms with Crippen molar-refractivity contribution in [3.05, 3.63) is 23.9 Å². The smallest absolute Gasteiger partial charge is 0.422 e. The predicted octanol–water partition coefficient (Wildman–Crippen LogP) is 2.37. The number of nitrogens with zero attached hydrogens (tertiary/aromatic N) is 3. The molecule has 156 valence electrons. The van der Waals surface area contributed by atoms with Crippen LogP contribution in [0.25, 0.3) is 0 Å². The predicted molar refractivity (Wildman–Crippen MR) is 96.9 cm³/mol. The average Bonchev–Trinajstić information content (AvgIpc) is 2.67. The van der Waals surface area contributed by atoms with E-state index in [4.69, 9.17) is 9.47 Å². The molecule has 0 spiro atoms. The van der Waals surface area contributed by atoms with Crippen LogP contribution in [0, 0.1) is 5.92 Å². The van der Waals surface area contributed by atoms with E-state index in [1.165, 1.54) is 6.20 Å². The number of ether oxygens (including phenoxy) is 2. The molecule has 0 radical (unpaired) electrons. The lowest BCUT2D eigenvalue weighted by molar-refractivity contribution is -0.154. The van der Waals surface area contributed by atoms with E-state index < -0.39 is 12.8 Å². The van der Waals surface area contributed by atoms with Crippen molar-refractivity contribution in [1.82, 2.24) is 15.2 Å². The summed E-state index contributed by atoms with van der Waals surface area (Å²) in [6, 6.07) is 3.27. The Bertz CT molecular complexity index is 674. The monoisotopic (exact) mass is 402 g/mol. The highest BCUT2D eigenvalue weighted by atomic mass is 19.4. The van der Waals surface area contributed by atoms with Crippen molar-refractivity contribution >= 4 is 11.9 Å². The number of guanidine groups is 1. The Morgan fingerprint density at radius 1 is 1.39 bits per heavy atom. The van der Waals surface area contributed by atoms with Crippen LogP contribution in [0.3, 0.4) is 0 Å². The van der Waals surface area contributed by atoms with Gasteiger partial charge in [-0.1, -0.05) is 6.07 Å². The fourth-order valence-electron chi connectivity index (χ4n) is 2.93. The minimum Gasteiger partial charge on any atom is -0.468 e. The van der Waals surface area contributed by atoms with Gasteiger partial charge in [0.05, 0.1) is 12.5 Å². The number of likely N-dealkylation sites (tertiary alicyclic amines) is 1. The molecule has 0 amide bonds. The fourth-order valence-corrected chi connectivity index (χ4v) is 2.93. The molecular weight excluding hydrogens is 377 g/mol. The number of pyridine rings is 1. The van der Waals surface area contributed by atoms with Gasteiger partial charge in [0.25, 0.3) is 0 Å². The molecule has 7 nitrogen and oxygen atoms in total. The van der Waals surface area contributed by atoms with Gasteiger partial charge in [0.2, 0.25) is 5.88 Å². The molecule has 1 saturated heterocycles. The van der Waals surface area contributed by atoms with Crippen LogP contribution < -0.4 is 10.1 Å². The lowest BCUT2D eigenvalue weighted by atomic mass is 9.97. The lowest BCUT2D eigenvalue weighted by Crippen LogP contribution is -2.46. The molecule has 0 bridgehead atoms. The number of esters is 1. The quantitative estimate of drug-likeness (QED) is 0.447. The van der Waals surface area contributed by atoms with Crippen LogP contribution in [-0.2, 0) is 16.1 Å². The average molecular weight is 402 g/mol. The molecule has 0 aromatic carbocycles. The zero-order valence-corrected chi connectivity index (χ0v) is 16.0. The van der Waals surface area contributed by atoms with Crippen molar-refractivity contribution < 1.29 is 27.4 Å². The van der Waals surface area contributed by atoms with E-state index >= 15 is 0 Å². The second kappa shape index (κ2) is 10.1. The first-order valence-electron chi connectivity index (χ1n) is 9.09. The first-order chi connectivity index (χ1) is 13.3. The number of alkyl halides is 3. The second-order valence-corrected chi connectivity index (χ2v) is 6.29. The molecule has 0 saturated carbocycles. The van der Waals surface area contributed by atoms with Gasteiger partial charge >= 0.3 is 12.1 Å². The molecule has 1 N–H and O–H groups in total. The molecule has 1 aliphatic heterocycles. The number of rotatable bonds is 6. The third kappa shape index (κ3) is 6.58. The SMILES string of the molecule is CCOC(=O)C1CCN(C(=NC)NCc2cccnc2OCC(F)(F)F)CC1. The van der Waals surface area contributed by atoms with Gasteiger partial charge in [-0.15, -0.1) is 0 Å². The molecule has 10 heteroatoms. The largest absolute Gasteiger partial charge is 0.468 e. The summed E-state index contributed by atoms with van der Waals surface area (Å²) in [6.45, 7) is 2.23. The Hall–Kier alpha value is -2.52. The fraction of sp³-hybridized carbons (Fsp3) is 0.611. The summed E-state index contributed by atoms with van der Waals surface area (Å²) in [7, 11) is 1.63. The van der Waals surface area contributed by atoms with Gasteiger partial charge in [-0.2, -0.15) is 13.2 Å². The van der Waals surface area contributed by atoms with Crippen molar-refractivity contribution in [1.29, 1.82) is 0 Å². The summed E-state index contributed by atoms with van der Waals surface area (Å²) in [5, 5.41) is 3.12. The molecule has 1 aromatic rings. The van der Waals surface area contributed by atoms with E-state index in [9.17, 15) is 18.0 Å². The van der Waals surface area contributed by atoms with Gasteiger partial charge in [0.1, 0.15) is 0 Å². The normalized spacial score (nSPS) is 16.0. The Morgan fingerprint density at radius 2 is 2.11 bits per heavy atom. The van der Waals surface area contributed by atoms with Gasteiger partial charge < -0.3 is 19.7 Å². The van der Waals surface area contributed by atoms with E-state index in [0.29, 0.717) is 44.1 Å². The van der Waals surface area contributed by atoms with Gasteiger partial charge in [-0.3, -0.25) is 9.79 Å². The topological polar surface area (TPSA) is 76.0 Å². The maximum atomic E-state index is 12.4. The van der Waals surface area contributed by atoms with Gasteiger partial charge in [0.15, 0.2) is 12.6 Å².